The van der Waals surface area contributed by atoms with Gasteiger partial charge in [-0.3, -0.25) is 4.79 Å². The number of hydrogen-bond acceptors (Lipinski definition) is 4. The van der Waals surface area contributed by atoms with Gasteiger partial charge in [0, 0.05) is 22.1 Å². The number of halogens is 3. The molecular formula is C27H27BrCl2N6O. The molecule has 1 aliphatic heterocycles. The van der Waals surface area contributed by atoms with Gasteiger partial charge in [-0.15, -0.1) is 5.10 Å². The summed E-state index contributed by atoms with van der Waals surface area (Å²) in [6, 6.07) is 13.3. The van der Waals surface area contributed by atoms with E-state index >= 15 is 0 Å². The summed E-state index contributed by atoms with van der Waals surface area (Å²) in [4.78, 5) is 16.0. The normalized spacial score (nSPS) is 17.3. The number of hydrogen-bond donors (Lipinski definition) is 0. The van der Waals surface area contributed by atoms with Gasteiger partial charge >= 0.3 is 0 Å². The van der Waals surface area contributed by atoms with Crippen molar-refractivity contribution in [2.24, 2.45) is 0 Å². The lowest BCUT2D eigenvalue weighted by Gasteiger charge is -2.45. The molecule has 1 aliphatic rings. The van der Waals surface area contributed by atoms with Crippen LogP contribution in [0.25, 0.3) is 16.9 Å². The van der Waals surface area contributed by atoms with E-state index in [1.807, 2.05) is 70.7 Å². The monoisotopic (exact) mass is 600 g/mol. The number of aromatic nitrogens is 5. The Morgan fingerprint density at radius 2 is 1.84 bits per heavy atom. The SMILES string of the molecule is Cc1nn(-c2ccc(Br)cc2)c(C)c1C(=O)N1CC(n2cc(-c3cccc(Cl)c3Cl)nn2)CCC1(C)C. The molecule has 0 spiro atoms. The van der Waals surface area contributed by atoms with Gasteiger partial charge in [0.25, 0.3) is 5.91 Å². The Labute approximate surface area is 234 Å². The maximum Gasteiger partial charge on any atom is 0.258 e. The third-order valence-corrected chi connectivity index (χ3v) is 8.49. The smallest absolute Gasteiger partial charge is 0.258 e. The van der Waals surface area contributed by atoms with Crippen molar-refractivity contribution in [1.29, 1.82) is 0 Å². The van der Waals surface area contributed by atoms with Crippen molar-refractivity contribution in [2.75, 3.05) is 6.54 Å². The number of nitrogens with zero attached hydrogens (tertiary/aromatic N) is 6. The molecule has 0 saturated carbocycles. The second kappa shape index (κ2) is 9.89. The van der Waals surface area contributed by atoms with E-state index in [4.69, 9.17) is 28.3 Å². The summed E-state index contributed by atoms with van der Waals surface area (Å²) in [6.45, 7) is 8.58. The summed E-state index contributed by atoms with van der Waals surface area (Å²) in [5.74, 6) is -0.0220. The minimum Gasteiger partial charge on any atom is -0.331 e. The average molecular weight is 602 g/mol. The van der Waals surface area contributed by atoms with Crippen LogP contribution in [0.5, 0.6) is 0 Å². The van der Waals surface area contributed by atoms with Gasteiger partial charge < -0.3 is 4.90 Å². The number of benzene rings is 2. The van der Waals surface area contributed by atoms with E-state index < -0.39 is 0 Å². The molecule has 1 saturated heterocycles. The van der Waals surface area contributed by atoms with E-state index in [-0.39, 0.29) is 17.5 Å². The summed E-state index contributed by atoms with van der Waals surface area (Å²) in [5, 5.41) is 14.4. The molecule has 1 amide bonds. The lowest BCUT2D eigenvalue weighted by atomic mass is 9.87. The first-order chi connectivity index (χ1) is 17.6. The van der Waals surface area contributed by atoms with Crippen LogP contribution in [0.1, 0.15) is 54.5 Å². The van der Waals surface area contributed by atoms with Crippen molar-refractivity contribution < 1.29 is 4.79 Å². The zero-order valence-electron chi connectivity index (χ0n) is 21.0. The quantitative estimate of drug-likeness (QED) is 0.251. The zero-order chi connectivity index (χ0) is 26.5. The maximum absolute atomic E-state index is 14.0. The molecule has 0 aliphatic carbocycles. The van der Waals surface area contributed by atoms with Gasteiger partial charge in [-0.25, -0.2) is 9.36 Å². The summed E-state index contributed by atoms with van der Waals surface area (Å²) < 4.78 is 4.67. The second-order valence-corrected chi connectivity index (χ2v) is 11.7. The van der Waals surface area contributed by atoms with Crippen LogP contribution in [-0.2, 0) is 0 Å². The number of likely N-dealkylation sites (tertiary alicyclic amines) is 1. The highest BCUT2D eigenvalue weighted by Gasteiger charge is 2.40. The summed E-state index contributed by atoms with van der Waals surface area (Å²) >= 11 is 16.1. The van der Waals surface area contributed by atoms with Crippen molar-refractivity contribution in [3.63, 3.8) is 0 Å². The van der Waals surface area contributed by atoms with Crippen LogP contribution in [0.2, 0.25) is 10.0 Å². The lowest BCUT2D eigenvalue weighted by Crippen LogP contribution is -2.53. The average Bonchev–Trinajstić information content (AvgIpc) is 3.45. The molecule has 192 valence electrons. The van der Waals surface area contributed by atoms with Gasteiger partial charge in [-0.2, -0.15) is 5.10 Å². The Kier molecular flexibility index (Phi) is 6.94. The largest absolute Gasteiger partial charge is 0.331 e. The highest BCUT2D eigenvalue weighted by Crippen LogP contribution is 2.37. The predicted molar refractivity (Wildman–Crippen MR) is 150 cm³/mol. The van der Waals surface area contributed by atoms with Gasteiger partial charge in [0.1, 0.15) is 5.69 Å². The van der Waals surface area contributed by atoms with Crippen molar-refractivity contribution in [3.8, 4) is 16.9 Å². The van der Waals surface area contributed by atoms with Crippen molar-refractivity contribution in [2.45, 2.75) is 52.1 Å². The molecule has 1 atom stereocenters. The van der Waals surface area contributed by atoms with Crippen LogP contribution < -0.4 is 0 Å². The Hall–Kier alpha value is -2.68. The van der Waals surface area contributed by atoms with E-state index in [9.17, 15) is 4.79 Å². The standard InChI is InChI=1S/C27H27BrCl2N6O/c1-16-24(17(2)36(32-16)19-10-8-18(28)9-11-19)26(37)34-14-20(12-13-27(34,3)4)35-15-23(31-33-35)21-6-5-7-22(29)25(21)30/h5-11,15,20H,12-14H2,1-4H3. The number of amides is 1. The Balaban J connectivity index is 1.44. The molecule has 3 heterocycles. The molecule has 4 aromatic rings. The molecule has 0 radical (unpaired) electrons. The molecule has 37 heavy (non-hydrogen) atoms. The van der Waals surface area contributed by atoms with Crippen molar-refractivity contribution in [1.82, 2.24) is 29.7 Å². The molecule has 10 heteroatoms. The lowest BCUT2D eigenvalue weighted by molar-refractivity contribution is 0.0307. The van der Waals surface area contributed by atoms with Gasteiger partial charge in [-0.1, -0.05) is 56.5 Å². The van der Waals surface area contributed by atoms with Crippen LogP contribution >= 0.6 is 39.1 Å². The first-order valence-electron chi connectivity index (χ1n) is 12.1. The number of carbonyl (C=O) groups excluding carboxylic acids is 1. The van der Waals surface area contributed by atoms with Crippen LogP contribution in [0.15, 0.2) is 53.1 Å². The molecule has 2 aromatic carbocycles. The fourth-order valence-electron chi connectivity index (χ4n) is 4.98. The van der Waals surface area contributed by atoms with Gasteiger partial charge in [0.2, 0.25) is 0 Å². The first-order valence-corrected chi connectivity index (χ1v) is 13.6. The Bertz CT molecular complexity index is 1480. The summed E-state index contributed by atoms with van der Waals surface area (Å²) in [5.41, 5.74) is 4.15. The first kappa shape index (κ1) is 25.9. The van der Waals surface area contributed by atoms with Crippen molar-refractivity contribution in [3.05, 3.63) is 80.1 Å². The highest BCUT2D eigenvalue weighted by atomic mass is 79.9. The topological polar surface area (TPSA) is 68.8 Å². The minimum atomic E-state index is -0.314. The van der Waals surface area contributed by atoms with Crippen LogP contribution in [0.3, 0.4) is 0 Å². The van der Waals surface area contributed by atoms with E-state index in [1.54, 1.807) is 6.07 Å². The summed E-state index contributed by atoms with van der Waals surface area (Å²) in [7, 11) is 0. The van der Waals surface area contributed by atoms with E-state index in [1.165, 1.54) is 0 Å². The fraction of sp³-hybridized carbons (Fsp3) is 0.333. The number of aryl methyl sites for hydroxylation is 1. The summed E-state index contributed by atoms with van der Waals surface area (Å²) in [6.07, 6.45) is 3.58. The van der Waals surface area contributed by atoms with Gasteiger partial charge in [0.05, 0.1) is 44.9 Å². The molecule has 1 unspecified atom stereocenters. The molecule has 0 N–H and O–H groups in total. The highest BCUT2D eigenvalue weighted by molar-refractivity contribution is 9.10. The molecule has 7 nitrogen and oxygen atoms in total. The molecule has 1 fully saturated rings. The third-order valence-electron chi connectivity index (χ3n) is 7.15. The molecular weight excluding hydrogens is 575 g/mol. The van der Waals surface area contributed by atoms with Gasteiger partial charge in [0.15, 0.2) is 0 Å². The van der Waals surface area contributed by atoms with E-state index in [2.05, 4.69) is 40.1 Å². The van der Waals surface area contributed by atoms with E-state index in [0.717, 1.165) is 34.3 Å². The molecule has 0 bridgehead atoms. The molecule has 2 aromatic heterocycles. The minimum absolute atomic E-state index is 0.0154. The van der Waals surface area contributed by atoms with Crippen LogP contribution in [-0.4, -0.2) is 47.7 Å². The third kappa shape index (κ3) is 4.82. The van der Waals surface area contributed by atoms with Crippen molar-refractivity contribution >= 4 is 45.0 Å². The maximum atomic E-state index is 14.0. The Morgan fingerprint density at radius 3 is 2.57 bits per heavy atom. The van der Waals surface area contributed by atoms with E-state index in [0.29, 0.717) is 33.5 Å². The number of piperidine rings is 1. The predicted octanol–water partition coefficient (Wildman–Crippen LogP) is 7.07. The number of carbonyl (C=O) groups is 1. The second-order valence-electron chi connectivity index (χ2n) is 10.0. The molecule has 5 rings (SSSR count). The zero-order valence-corrected chi connectivity index (χ0v) is 24.1. The van der Waals surface area contributed by atoms with Gasteiger partial charge in [-0.05, 0) is 70.9 Å². The fourth-order valence-corrected chi connectivity index (χ4v) is 5.64. The van der Waals surface area contributed by atoms with Crippen LogP contribution in [0, 0.1) is 13.8 Å². The number of rotatable bonds is 4. The Morgan fingerprint density at radius 1 is 1.11 bits per heavy atom. The van der Waals surface area contributed by atoms with Crippen LogP contribution in [0.4, 0.5) is 0 Å².